The molecule has 2 rings (SSSR count). The normalized spacial score (nSPS) is 12.2. The average molecular weight is 385 g/mol. The number of ether oxygens (including phenoxy) is 1. The molecule has 0 aliphatic heterocycles. The molecule has 1 unspecified atom stereocenters. The second-order valence-corrected chi connectivity index (χ2v) is 8.08. The van der Waals surface area contributed by atoms with Crippen LogP contribution in [0.3, 0.4) is 0 Å². The monoisotopic (exact) mass is 384 g/mol. The van der Waals surface area contributed by atoms with Gasteiger partial charge in [0.25, 0.3) is 0 Å². The van der Waals surface area contributed by atoms with Crippen molar-refractivity contribution in [3.63, 3.8) is 0 Å². The Hall–Kier alpha value is -2.33. The second-order valence-electron chi connectivity index (χ2n) is 8.08. The van der Waals surface area contributed by atoms with E-state index in [9.17, 15) is 9.90 Å². The number of carbonyl (C=O) groups is 1. The molecule has 2 aromatic rings. The van der Waals surface area contributed by atoms with Crippen LogP contribution in [0.4, 0.5) is 0 Å². The maximum Gasteiger partial charge on any atom is 0.170 e. The lowest BCUT2D eigenvalue weighted by molar-refractivity contribution is -0.122. The standard InChI is InChI=1S/C24H32O4/c1-15(2)22-11-19(6-7-24(22)27)12-23-17(4)9-21(10-18(23)5)28-14-20(26)8-16(3)13-25/h6-7,9-11,15-16,25,27H,8,12-14H2,1-5H3. The fourth-order valence-corrected chi connectivity index (χ4v) is 3.37. The van der Waals surface area contributed by atoms with Gasteiger partial charge in [0, 0.05) is 13.0 Å². The zero-order valence-corrected chi connectivity index (χ0v) is 17.6. The number of aliphatic hydroxyl groups is 1. The van der Waals surface area contributed by atoms with Crippen LogP contribution >= 0.6 is 0 Å². The molecule has 0 aliphatic carbocycles. The highest BCUT2D eigenvalue weighted by molar-refractivity contribution is 5.80. The van der Waals surface area contributed by atoms with Gasteiger partial charge in [0.15, 0.2) is 5.78 Å². The third-order valence-electron chi connectivity index (χ3n) is 5.05. The molecular formula is C24H32O4. The van der Waals surface area contributed by atoms with Crippen molar-refractivity contribution >= 4 is 5.78 Å². The first-order chi connectivity index (χ1) is 13.2. The van der Waals surface area contributed by atoms with Crippen molar-refractivity contribution in [2.45, 2.75) is 53.4 Å². The van der Waals surface area contributed by atoms with Crippen molar-refractivity contribution in [3.8, 4) is 11.5 Å². The Labute approximate surface area is 168 Å². The van der Waals surface area contributed by atoms with E-state index in [0.29, 0.717) is 17.9 Å². The summed E-state index contributed by atoms with van der Waals surface area (Å²) >= 11 is 0. The summed E-state index contributed by atoms with van der Waals surface area (Å²) in [4.78, 5) is 11.9. The minimum Gasteiger partial charge on any atom is -0.508 e. The quantitative estimate of drug-likeness (QED) is 0.658. The Morgan fingerprint density at radius 1 is 1.07 bits per heavy atom. The molecular weight excluding hydrogens is 352 g/mol. The molecule has 0 radical (unpaired) electrons. The molecule has 0 heterocycles. The first-order valence-corrected chi connectivity index (χ1v) is 9.88. The molecule has 0 saturated heterocycles. The van der Waals surface area contributed by atoms with Crippen molar-refractivity contribution in [2.24, 2.45) is 5.92 Å². The lowest BCUT2D eigenvalue weighted by Gasteiger charge is -2.15. The third kappa shape index (κ3) is 5.83. The highest BCUT2D eigenvalue weighted by Gasteiger charge is 2.12. The largest absolute Gasteiger partial charge is 0.508 e. The van der Waals surface area contributed by atoms with Crippen LogP contribution in [0.25, 0.3) is 0 Å². The van der Waals surface area contributed by atoms with E-state index in [1.165, 1.54) is 5.56 Å². The lowest BCUT2D eigenvalue weighted by atomic mass is 9.93. The molecule has 1 atom stereocenters. The van der Waals surface area contributed by atoms with E-state index in [2.05, 4.69) is 33.8 Å². The zero-order chi connectivity index (χ0) is 20.8. The van der Waals surface area contributed by atoms with Crippen molar-refractivity contribution in [1.29, 1.82) is 0 Å². The molecule has 4 nitrogen and oxygen atoms in total. The summed E-state index contributed by atoms with van der Waals surface area (Å²) in [6.07, 6.45) is 1.11. The van der Waals surface area contributed by atoms with Gasteiger partial charge in [0.05, 0.1) is 0 Å². The van der Waals surface area contributed by atoms with E-state index in [1.54, 1.807) is 6.07 Å². The van der Waals surface area contributed by atoms with Crippen LogP contribution in [0.5, 0.6) is 11.5 Å². The Kier molecular flexibility index (Phi) is 7.64. The molecule has 2 N–H and O–H groups in total. The van der Waals surface area contributed by atoms with Crippen molar-refractivity contribution in [1.82, 2.24) is 0 Å². The van der Waals surface area contributed by atoms with Crippen LogP contribution in [0, 0.1) is 19.8 Å². The smallest absolute Gasteiger partial charge is 0.170 e. The van der Waals surface area contributed by atoms with E-state index in [0.717, 1.165) is 28.7 Å². The van der Waals surface area contributed by atoms with E-state index in [1.807, 2.05) is 25.1 Å². The van der Waals surface area contributed by atoms with Crippen LogP contribution in [-0.2, 0) is 11.2 Å². The van der Waals surface area contributed by atoms with Crippen molar-refractivity contribution in [3.05, 3.63) is 58.1 Å². The molecule has 0 saturated carbocycles. The van der Waals surface area contributed by atoms with Gasteiger partial charge in [-0.3, -0.25) is 4.79 Å². The van der Waals surface area contributed by atoms with Crippen molar-refractivity contribution in [2.75, 3.05) is 13.2 Å². The Bertz CT molecular complexity index is 800. The van der Waals surface area contributed by atoms with Crippen LogP contribution in [-0.4, -0.2) is 29.2 Å². The van der Waals surface area contributed by atoms with Gasteiger partial charge in [0.1, 0.15) is 18.1 Å². The van der Waals surface area contributed by atoms with Crippen LogP contribution in [0.1, 0.15) is 60.9 Å². The lowest BCUT2D eigenvalue weighted by Crippen LogP contribution is -2.16. The van der Waals surface area contributed by atoms with Crippen LogP contribution in [0.15, 0.2) is 30.3 Å². The second kappa shape index (κ2) is 9.74. The number of hydrogen-bond acceptors (Lipinski definition) is 4. The summed E-state index contributed by atoms with van der Waals surface area (Å²) in [6, 6.07) is 9.74. The Balaban J connectivity index is 2.12. The van der Waals surface area contributed by atoms with Crippen molar-refractivity contribution < 1.29 is 19.7 Å². The topological polar surface area (TPSA) is 66.8 Å². The molecule has 0 spiro atoms. The Morgan fingerprint density at radius 2 is 1.71 bits per heavy atom. The highest BCUT2D eigenvalue weighted by Crippen LogP contribution is 2.29. The molecule has 2 aromatic carbocycles. The molecule has 0 amide bonds. The number of aliphatic hydroxyl groups excluding tert-OH is 1. The fourth-order valence-electron chi connectivity index (χ4n) is 3.37. The van der Waals surface area contributed by atoms with Gasteiger partial charge in [-0.15, -0.1) is 0 Å². The number of phenolic OH excluding ortho intramolecular Hbond substituents is 1. The maximum absolute atomic E-state index is 11.9. The number of Topliss-reactive ketones (excluding diaryl/α,β-unsaturated/α-hetero) is 1. The Morgan fingerprint density at radius 3 is 2.29 bits per heavy atom. The van der Waals surface area contributed by atoms with Gasteiger partial charge in [0.2, 0.25) is 0 Å². The minimum atomic E-state index is -0.0389. The average Bonchev–Trinajstić information content (AvgIpc) is 2.63. The summed E-state index contributed by atoms with van der Waals surface area (Å²) in [6.45, 7) is 10.1. The van der Waals surface area contributed by atoms with E-state index in [4.69, 9.17) is 9.84 Å². The first-order valence-electron chi connectivity index (χ1n) is 9.88. The van der Waals surface area contributed by atoms with Gasteiger partial charge in [-0.05, 0) is 78.1 Å². The number of aromatic hydroxyl groups is 1. The van der Waals surface area contributed by atoms with Gasteiger partial charge < -0.3 is 14.9 Å². The third-order valence-corrected chi connectivity index (χ3v) is 5.05. The minimum absolute atomic E-state index is 0.00811. The summed E-state index contributed by atoms with van der Waals surface area (Å²) < 4.78 is 5.68. The molecule has 0 aromatic heterocycles. The zero-order valence-electron chi connectivity index (χ0n) is 17.6. The van der Waals surface area contributed by atoms with E-state index in [-0.39, 0.29) is 30.8 Å². The first kappa shape index (κ1) is 22.0. The van der Waals surface area contributed by atoms with Gasteiger partial charge >= 0.3 is 0 Å². The van der Waals surface area contributed by atoms with E-state index < -0.39 is 0 Å². The number of rotatable bonds is 9. The summed E-state index contributed by atoms with van der Waals surface area (Å²) in [5.74, 6) is 1.26. The van der Waals surface area contributed by atoms with Gasteiger partial charge in [-0.25, -0.2) is 0 Å². The number of hydrogen-bond donors (Lipinski definition) is 2. The molecule has 4 heteroatoms. The molecule has 28 heavy (non-hydrogen) atoms. The number of aryl methyl sites for hydroxylation is 2. The fraction of sp³-hybridized carbons (Fsp3) is 0.458. The molecule has 0 fully saturated rings. The molecule has 152 valence electrons. The number of ketones is 1. The number of carbonyl (C=O) groups excluding carboxylic acids is 1. The predicted octanol–water partition coefficient (Wildman–Crippen LogP) is 4.69. The summed E-state index contributed by atoms with van der Waals surface area (Å²) in [5, 5.41) is 19.1. The van der Waals surface area contributed by atoms with Gasteiger partial charge in [-0.1, -0.05) is 32.9 Å². The molecule has 0 aliphatic rings. The van der Waals surface area contributed by atoms with E-state index >= 15 is 0 Å². The SMILES string of the molecule is Cc1cc(OCC(=O)CC(C)CO)cc(C)c1Cc1ccc(O)c(C(C)C)c1. The predicted molar refractivity (Wildman–Crippen MR) is 112 cm³/mol. The van der Waals surface area contributed by atoms with Crippen LogP contribution < -0.4 is 4.74 Å². The molecule has 0 bridgehead atoms. The highest BCUT2D eigenvalue weighted by atomic mass is 16.5. The number of phenols is 1. The maximum atomic E-state index is 11.9. The van der Waals surface area contributed by atoms with Gasteiger partial charge in [-0.2, -0.15) is 0 Å². The summed E-state index contributed by atoms with van der Waals surface area (Å²) in [7, 11) is 0. The number of benzene rings is 2. The van der Waals surface area contributed by atoms with Crippen LogP contribution in [0.2, 0.25) is 0 Å². The summed E-state index contributed by atoms with van der Waals surface area (Å²) in [5.41, 5.74) is 5.58.